The first-order valence-corrected chi connectivity index (χ1v) is 8.39. The Hall–Kier alpha value is -2.61. The Morgan fingerprint density at radius 2 is 1.44 bits per heavy atom. The van der Waals surface area contributed by atoms with Crippen LogP contribution in [0.15, 0.2) is 42.5 Å². The minimum absolute atomic E-state index is 0.0197. The number of amides is 2. The lowest BCUT2D eigenvalue weighted by molar-refractivity contribution is -0.114. The minimum atomic E-state index is -0.776. The molecule has 0 aliphatic rings. The zero-order valence-corrected chi connectivity index (χ0v) is 14.2. The van der Waals surface area contributed by atoms with Crippen molar-refractivity contribution in [3.05, 3.63) is 54.1 Å². The van der Waals surface area contributed by atoms with E-state index in [0.717, 1.165) is 23.9 Å². The summed E-state index contributed by atoms with van der Waals surface area (Å²) in [5.41, 5.74) is 0.650. The summed E-state index contributed by atoms with van der Waals surface area (Å²) in [6.07, 6.45) is 0. The molecule has 2 aromatic carbocycles. The van der Waals surface area contributed by atoms with E-state index in [2.05, 4.69) is 10.6 Å². The molecule has 2 rings (SSSR count). The third kappa shape index (κ3) is 6.42. The number of nitrogens with one attached hydrogen (secondary N) is 2. The van der Waals surface area contributed by atoms with Crippen molar-refractivity contribution in [3.63, 3.8) is 0 Å². The van der Waals surface area contributed by atoms with E-state index in [-0.39, 0.29) is 23.1 Å². The molecule has 0 bridgehead atoms. The SMILES string of the molecule is COc1ccc(NC(=O)CSCC(=O)Nc2cc(F)cc(F)c2)cc1. The highest BCUT2D eigenvalue weighted by Gasteiger charge is 2.08. The lowest BCUT2D eigenvalue weighted by atomic mass is 10.3. The van der Waals surface area contributed by atoms with Crippen molar-refractivity contribution in [1.82, 2.24) is 0 Å². The second kappa shape index (κ2) is 9.03. The van der Waals surface area contributed by atoms with Crippen molar-refractivity contribution in [2.75, 3.05) is 29.2 Å². The highest BCUT2D eigenvalue weighted by atomic mass is 32.2. The number of hydrogen-bond donors (Lipinski definition) is 2. The summed E-state index contributed by atoms with van der Waals surface area (Å²) in [4.78, 5) is 23.5. The maximum absolute atomic E-state index is 13.0. The molecule has 0 atom stereocenters. The Morgan fingerprint density at radius 3 is 1.96 bits per heavy atom. The second-order valence-electron chi connectivity index (χ2n) is 4.98. The monoisotopic (exact) mass is 366 g/mol. The van der Waals surface area contributed by atoms with Crippen LogP contribution in [0.3, 0.4) is 0 Å². The molecule has 0 saturated carbocycles. The molecule has 0 aliphatic heterocycles. The van der Waals surface area contributed by atoms with Gasteiger partial charge in [0, 0.05) is 17.4 Å². The molecule has 0 heterocycles. The van der Waals surface area contributed by atoms with E-state index in [0.29, 0.717) is 17.5 Å². The van der Waals surface area contributed by atoms with Crippen molar-refractivity contribution in [1.29, 1.82) is 0 Å². The van der Waals surface area contributed by atoms with Crippen molar-refractivity contribution >= 4 is 35.0 Å². The van der Waals surface area contributed by atoms with Crippen molar-refractivity contribution < 1.29 is 23.1 Å². The van der Waals surface area contributed by atoms with Gasteiger partial charge in [-0.15, -0.1) is 11.8 Å². The molecule has 25 heavy (non-hydrogen) atoms. The van der Waals surface area contributed by atoms with Crippen LogP contribution in [-0.2, 0) is 9.59 Å². The summed E-state index contributed by atoms with van der Waals surface area (Å²) in [5.74, 6) is -1.54. The second-order valence-corrected chi connectivity index (χ2v) is 5.96. The van der Waals surface area contributed by atoms with Gasteiger partial charge in [0.2, 0.25) is 11.8 Å². The number of methoxy groups -OCH3 is 1. The molecule has 8 heteroatoms. The topological polar surface area (TPSA) is 67.4 Å². The molecule has 2 amide bonds. The largest absolute Gasteiger partial charge is 0.497 e. The van der Waals surface area contributed by atoms with E-state index in [1.54, 1.807) is 31.4 Å². The highest BCUT2D eigenvalue weighted by molar-refractivity contribution is 8.00. The van der Waals surface area contributed by atoms with Crippen molar-refractivity contribution in [2.24, 2.45) is 0 Å². The molecule has 0 spiro atoms. The van der Waals surface area contributed by atoms with Gasteiger partial charge in [-0.05, 0) is 36.4 Å². The average Bonchev–Trinajstić information content (AvgIpc) is 2.54. The lowest BCUT2D eigenvalue weighted by Crippen LogP contribution is -2.18. The Morgan fingerprint density at radius 1 is 0.920 bits per heavy atom. The Kier molecular flexibility index (Phi) is 6.76. The predicted octanol–water partition coefficient (Wildman–Crippen LogP) is 3.28. The smallest absolute Gasteiger partial charge is 0.234 e. The minimum Gasteiger partial charge on any atom is -0.497 e. The zero-order valence-electron chi connectivity index (χ0n) is 13.3. The average molecular weight is 366 g/mol. The van der Waals surface area contributed by atoms with Gasteiger partial charge in [0.15, 0.2) is 0 Å². The standard InChI is InChI=1S/C17H16F2N2O3S/c1-24-15-4-2-13(3-5-15)20-16(22)9-25-10-17(23)21-14-7-11(18)6-12(19)8-14/h2-8H,9-10H2,1H3,(H,20,22)(H,21,23). The first-order valence-electron chi connectivity index (χ1n) is 7.24. The molecule has 132 valence electrons. The summed E-state index contributed by atoms with van der Waals surface area (Å²) < 4.78 is 31.1. The molecule has 5 nitrogen and oxygen atoms in total. The fourth-order valence-electron chi connectivity index (χ4n) is 1.93. The Labute approximate surface area is 147 Å². The van der Waals surface area contributed by atoms with Crippen LogP contribution in [0.25, 0.3) is 0 Å². The predicted molar refractivity (Wildman–Crippen MR) is 93.9 cm³/mol. The molecular weight excluding hydrogens is 350 g/mol. The van der Waals surface area contributed by atoms with E-state index < -0.39 is 17.5 Å². The summed E-state index contributed by atoms with van der Waals surface area (Å²) in [6.45, 7) is 0. The lowest BCUT2D eigenvalue weighted by Gasteiger charge is -2.07. The van der Waals surface area contributed by atoms with Crippen LogP contribution in [0.1, 0.15) is 0 Å². The normalized spacial score (nSPS) is 10.2. The Bertz CT molecular complexity index is 734. The number of ether oxygens (including phenoxy) is 1. The van der Waals surface area contributed by atoms with Gasteiger partial charge in [-0.3, -0.25) is 9.59 Å². The maximum Gasteiger partial charge on any atom is 0.234 e. The molecule has 0 aromatic heterocycles. The molecule has 2 N–H and O–H groups in total. The summed E-state index contributed by atoms with van der Waals surface area (Å²) in [5, 5.41) is 5.06. The summed E-state index contributed by atoms with van der Waals surface area (Å²) in [7, 11) is 1.55. The van der Waals surface area contributed by atoms with Gasteiger partial charge in [0.1, 0.15) is 17.4 Å². The van der Waals surface area contributed by atoms with Gasteiger partial charge in [-0.1, -0.05) is 0 Å². The molecule has 0 radical (unpaired) electrons. The number of anilines is 2. The van der Waals surface area contributed by atoms with Crippen LogP contribution >= 0.6 is 11.8 Å². The number of halogens is 2. The van der Waals surface area contributed by atoms with Gasteiger partial charge in [-0.25, -0.2) is 8.78 Å². The zero-order chi connectivity index (χ0) is 18.2. The van der Waals surface area contributed by atoms with E-state index in [1.165, 1.54) is 0 Å². The van der Waals surface area contributed by atoms with E-state index >= 15 is 0 Å². The number of thioether (sulfide) groups is 1. The highest BCUT2D eigenvalue weighted by Crippen LogP contribution is 2.16. The van der Waals surface area contributed by atoms with Gasteiger partial charge < -0.3 is 15.4 Å². The number of rotatable bonds is 7. The molecule has 0 fully saturated rings. The van der Waals surface area contributed by atoms with E-state index in [1.807, 2.05) is 0 Å². The summed E-state index contributed by atoms with van der Waals surface area (Å²) in [6, 6.07) is 9.58. The van der Waals surface area contributed by atoms with Gasteiger partial charge in [0.25, 0.3) is 0 Å². The molecule has 0 saturated heterocycles. The third-order valence-corrected chi connectivity index (χ3v) is 3.92. The van der Waals surface area contributed by atoms with Crippen molar-refractivity contribution in [2.45, 2.75) is 0 Å². The fourth-order valence-corrected chi connectivity index (χ4v) is 2.55. The quantitative estimate of drug-likeness (QED) is 0.789. The molecule has 2 aromatic rings. The number of carbonyl (C=O) groups is 2. The summed E-state index contributed by atoms with van der Waals surface area (Å²) >= 11 is 1.09. The van der Waals surface area contributed by atoms with Gasteiger partial charge in [-0.2, -0.15) is 0 Å². The Balaban J connectivity index is 1.73. The number of benzene rings is 2. The number of carbonyl (C=O) groups excluding carboxylic acids is 2. The maximum atomic E-state index is 13.0. The fraction of sp³-hybridized carbons (Fsp3) is 0.176. The van der Waals surface area contributed by atoms with Crippen LogP contribution in [0.5, 0.6) is 5.75 Å². The van der Waals surface area contributed by atoms with Gasteiger partial charge >= 0.3 is 0 Å². The first-order chi connectivity index (χ1) is 12.0. The van der Waals surface area contributed by atoms with Crippen LogP contribution in [-0.4, -0.2) is 30.4 Å². The first kappa shape index (κ1) is 18.7. The van der Waals surface area contributed by atoms with E-state index in [9.17, 15) is 18.4 Å². The van der Waals surface area contributed by atoms with Crippen LogP contribution in [0.4, 0.5) is 20.2 Å². The van der Waals surface area contributed by atoms with Crippen LogP contribution in [0, 0.1) is 11.6 Å². The van der Waals surface area contributed by atoms with Crippen LogP contribution < -0.4 is 15.4 Å². The molecular formula is C17H16F2N2O3S. The third-order valence-electron chi connectivity index (χ3n) is 2.99. The van der Waals surface area contributed by atoms with Crippen molar-refractivity contribution in [3.8, 4) is 5.75 Å². The molecule has 0 aliphatic carbocycles. The van der Waals surface area contributed by atoms with Gasteiger partial charge in [0.05, 0.1) is 18.6 Å². The number of hydrogen-bond acceptors (Lipinski definition) is 4. The van der Waals surface area contributed by atoms with Crippen LogP contribution in [0.2, 0.25) is 0 Å². The molecule has 0 unspecified atom stereocenters. The van der Waals surface area contributed by atoms with E-state index in [4.69, 9.17) is 4.74 Å².